The van der Waals surface area contributed by atoms with Gasteiger partial charge in [-0.25, -0.2) is 4.39 Å². The molecular formula is C14H17FN2. The maximum absolute atomic E-state index is 13.6. The highest BCUT2D eigenvalue weighted by Gasteiger charge is 2.23. The van der Waals surface area contributed by atoms with Crippen LogP contribution in [0.15, 0.2) is 18.2 Å². The SMILES string of the molecule is CC(NCc1ccc(C#N)cc1F)C1CCC1. The minimum atomic E-state index is -0.294. The zero-order valence-electron chi connectivity index (χ0n) is 10.0. The number of hydrogen-bond donors (Lipinski definition) is 1. The van der Waals surface area contributed by atoms with Crippen LogP contribution >= 0.6 is 0 Å². The first-order chi connectivity index (χ1) is 8.20. The number of nitrogens with zero attached hydrogens (tertiary/aromatic N) is 1. The molecule has 1 aliphatic carbocycles. The Hall–Kier alpha value is -1.40. The predicted molar refractivity (Wildman–Crippen MR) is 64.8 cm³/mol. The number of nitriles is 1. The molecule has 0 heterocycles. The van der Waals surface area contributed by atoms with E-state index in [1.165, 1.54) is 25.3 Å². The third-order valence-electron chi connectivity index (χ3n) is 3.65. The van der Waals surface area contributed by atoms with Gasteiger partial charge in [-0.1, -0.05) is 12.5 Å². The molecule has 1 aromatic rings. The van der Waals surface area contributed by atoms with Crippen LogP contribution in [0.1, 0.15) is 37.3 Å². The first-order valence-corrected chi connectivity index (χ1v) is 6.12. The van der Waals surface area contributed by atoms with Gasteiger partial charge in [0.05, 0.1) is 11.6 Å². The fourth-order valence-corrected chi connectivity index (χ4v) is 2.14. The van der Waals surface area contributed by atoms with Gasteiger partial charge in [0.2, 0.25) is 0 Å². The van der Waals surface area contributed by atoms with Crippen LogP contribution in [0.5, 0.6) is 0 Å². The molecule has 0 spiro atoms. The second kappa shape index (κ2) is 5.29. The minimum Gasteiger partial charge on any atom is -0.310 e. The van der Waals surface area contributed by atoms with Gasteiger partial charge in [-0.15, -0.1) is 0 Å². The Morgan fingerprint density at radius 1 is 1.53 bits per heavy atom. The highest BCUT2D eigenvalue weighted by atomic mass is 19.1. The van der Waals surface area contributed by atoms with Crippen LogP contribution in [0, 0.1) is 23.1 Å². The lowest BCUT2D eigenvalue weighted by Crippen LogP contribution is -2.36. The summed E-state index contributed by atoms with van der Waals surface area (Å²) in [6.45, 7) is 2.70. The van der Waals surface area contributed by atoms with Gasteiger partial charge >= 0.3 is 0 Å². The van der Waals surface area contributed by atoms with Crippen molar-refractivity contribution in [3.05, 3.63) is 35.1 Å². The Bertz CT molecular complexity index is 432. The molecule has 1 atom stereocenters. The summed E-state index contributed by atoms with van der Waals surface area (Å²) < 4.78 is 13.6. The maximum atomic E-state index is 13.6. The van der Waals surface area contributed by atoms with Gasteiger partial charge in [-0.05, 0) is 37.8 Å². The van der Waals surface area contributed by atoms with Gasteiger partial charge in [-0.2, -0.15) is 5.26 Å². The lowest BCUT2D eigenvalue weighted by molar-refractivity contribution is 0.239. The molecule has 1 fully saturated rings. The first kappa shape index (κ1) is 12.1. The summed E-state index contributed by atoms with van der Waals surface area (Å²) in [5.74, 6) is 0.453. The van der Waals surface area contributed by atoms with E-state index in [0.29, 0.717) is 23.7 Å². The topological polar surface area (TPSA) is 35.8 Å². The summed E-state index contributed by atoms with van der Waals surface area (Å²) in [5, 5.41) is 12.0. The largest absolute Gasteiger partial charge is 0.310 e. The van der Waals surface area contributed by atoms with Crippen LogP contribution in [0.25, 0.3) is 0 Å². The molecule has 2 nitrogen and oxygen atoms in total. The van der Waals surface area contributed by atoms with Gasteiger partial charge < -0.3 is 5.32 Å². The van der Waals surface area contributed by atoms with Crippen molar-refractivity contribution in [2.45, 2.75) is 38.8 Å². The van der Waals surface area contributed by atoms with Gasteiger partial charge in [0, 0.05) is 18.2 Å². The zero-order chi connectivity index (χ0) is 12.3. The molecule has 17 heavy (non-hydrogen) atoms. The fourth-order valence-electron chi connectivity index (χ4n) is 2.14. The van der Waals surface area contributed by atoms with Crippen LogP contribution in [0.2, 0.25) is 0 Å². The second-order valence-corrected chi connectivity index (χ2v) is 4.78. The molecule has 0 aromatic heterocycles. The summed E-state index contributed by atoms with van der Waals surface area (Å²) >= 11 is 0. The maximum Gasteiger partial charge on any atom is 0.129 e. The van der Waals surface area contributed by atoms with Crippen molar-refractivity contribution in [1.82, 2.24) is 5.32 Å². The molecule has 2 rings (SSSR count). The lowest BCUT2D eigenvalue weighted by Gasteiger charge is -2.32. The fraction of sp³-hybridized carbons (Fsp3) is 0.500. The third-order valence-corrected chi connectivity index (χ3v) is 3.65. The predicted octanol–water partition coefficient (Wildman–Crippen LogP) is 2.98. The Kier molecular flexibility index (Phi) is 3.75. The van der Waals surface area contributed by atoms with Crippen molar-refractivity contribution in [2.24, 2.45) is 5.92 Å². The number of rotatable bonds is 4. The van der Waals surface area contributed by atoms with E-state index >= 15 is 0 Å². The van der Waals surface area contributed by atoms with E-state index in [0.717, 1.165) is 5.92 Å². The molecule has 0 aliphatic heterocycles. The molecule has 1 aromatic carbocycles. The molecule has 1 unspecified atom stereocenters. The molecule has 1 saturated carbocycles. The van der Waals surface area contributed by atoms with Crippen molar-refractivity contribution in [3.8, 4) is 6.07 Å². The molecule has 0 radical (unpaired) electrons. The average molecular weight is 232 g/mol. The van der Waals surface area contributed by atoms with E-state index in [9.17, 15) is 4.39 Å². The molecular weight excluding hydrogens is 215 g/mol. The van der Waals surface area contributed by atoms with Crippen LogP contribution in [0.3, 0.4) is 0 Å². The van der Waals surface area contributed by atoms with Gasteiger partial charge in [0.1, 0.15) is 5.82 Å². The minimum absolute atomic E-state index is 0.294. The molecule has 3 heteroatoms. The van der Waals surface area contributed by atoms with Crippen LogP contribution in [-0.2, 0) is 6.54 Å². The van der Waals surface area contributed by atoms with Gasteiger partial charge in [-0.3, -0.25) is 0 Å². The monoisotopic (exact) mass is 232 g/mol. The van der Waals surface area contributed by atoms with Crippen molar-refractivity contribution in [2.75, 3.05) is 0 Å². The van der Waals surface area contributed by atoms with Crippen LogP contribution < -0.4 is 5.32 Å². The van der Waals surface area contributed by atoms with E-state index in [1.807, 2.05) is 6.07 Å². The van der Waals surface area contributed by atoms with E-state index < -0.39 is 0 Å². The van der Waals surface area contributed by atoms with E-state index in [1.54, 1.807) is 12.1 Å². The third kappa shape index (κ3) is 2.83. The highest BCUT2D eigenvalue weighted by molar-refractivity contribution is 5.32. The smallest absolute Gasteiger partial charge is 0.129 e. The lowest BCUT2D eigenvalue weighted by atomic mass is 9.80. The summed E-state index contributed by atoms with van der Waals surface area (Å²) in [6.07, 6.45) is 3.88. The standard InChI is InChI=1S/C14H17FN2/c1-10(12-3-2-4-12)17-9-13-6-5-11(8-16)7-14(13)15/h5-7,10,12,17H,2-4,9H2,1H3. The molecule has 0 saturated heterocycles. The Balaban J connectivity index is 1.92. The molecule has 90 valence electrons. The van der Waals surface area contributed by atoms with Crippen molar-refractivity contribution in [3.63, 3.8) is 0 Å². The van der Waals surface area contributed by atoms with Crippen LogP contribution in [-0.4, -0.2) is 6.04 Å². The normalized spacial score (nSPS) is 17.2. The Labute approximate surface area is 101 Å². The van der Waals surface area contributed by atoms with E-state index in [4.69, 9.17) is 5.26 Å². The summed E-state index contributed by atoms with van der Waals surface area (Å²) in [6, 6.07) is 7.03. The summed E-state index contributed by atoms with van der Waals surface area (Å²) in [5.41, 5.74) is 1.01. The number of nitrogens with one attached hydrogen (secondary N) is 1. The molecule has 1 N–H and O–H groups in total. The number of hydrogen-bond acceptors (Lipinski definition) is 2. The van der Waals surface area contributed by atoms with Crippen molar-refractivity contribution in [1.29, 1.82) is 5.26 Å². The number of benzene rings is 1. The van der Waals surface area contributed by atoms with Crippen molar-refractivity contribution < 1.29 is 4.39 Å². The average Bonchev–Trinajstić information content (AvgIpc) is 2.25. The number of halogens is 1. The first-order valence-electron chi connectivity index (χ1n) is 6.12. The van der Waals surface area contributed by atoms with Crippen molar-refractivity contribution >= 4 is 0 Å². The quantitative estimate of drug-likeness (QED) is 0.866. The summed E-state index contributed by atoms with van der Waals surface area (Å²) in [7, 11) is 0. The van der Waals surface area contributed by atoms with E-state index in [-0.39, 0.29) is 5.82 Å². The van der Waals surface area contributed by atoms with Gasteiger partial charge in [0.15, 0.2) is 0 Å². The Morgan fingerprint density at radius 2 is 2.29 bits per heavy atom. The van der Waals surface area contributed by atoms with Crippen LogP contribution in [0.4, 0.5) is 4.39 Å². The van der Waals surface area contributed by atoms with Gasteiger partial charge in [0.25, 0.3) is 0 Å². The molecule has 0 bridgehead atoms. The molecule has 1 aliphatic rings. The summed E-state index contributed by atoms with van der Waals surface area (Å²) in [4.78, 5) is 0. The zero-order valence-corrected chi connectivity index (χ0v) is 10.0. The molecule has 0 amide bonds. The second-order valence-electron chi connectivity index (χ2n) is 4.78. The van der Waals surface area contributed by atoms with E-state index in [2.05, 4.69) is 12.2 Å². The highest BCUT2D eigenvalue weighted by Crippen LogP contribution is 2.29. The Morgan fingerprint density at radius 3 is 2.82 bits per heavy atom.